The highest BCUT2D eigenvalue weighted by molar-refractivity contribution is 6.62. The van der Waals surface area contributed by atoms with E-state index in [9.17, 15) is 14.6 Å². The number of hydrogen-bond donors (Lipinski definition) is 2. The van der Waals surface area contributed by atoms with Gasteiger partial charge in [-0.25, -0.2) is 4.79 Å². The van der Waals surface area contributed by atoms with Crippen molar-refractivity contribution in [2.75, 3.05) is 26.4 Å². The largest absolute Gasteiger partial charge is 0.492 e. The van der Waals surface area contributed by atoms with Crippen LogP contribution in [0, 0.1) is 12.8 Å². The van der Waals surface area contributed by atoms with E-state index in [0.29, 0.717) is 36.4 Å². The average molecular weight is 391 g/mol. The van der Waals surface area contributed by atoms with Gasteiger partial charge in [0.15, 0.2) is 0 Å². The predicted octanol–water partition coefficient (Wildman–Crippen LogP) is -0.0743. The summed E-state index contributed by atoms with van der Waals surface area (Å²) in [5.41, 5.74) is 2.50. The van der Waals surface area contributed by atoms with E-state index in [1.54, 1.807) is 19.1 Å². The fraction of sp³-hybridized carbons (Fsp3) is 0.579. The van der Waals surface area contributed by atoms with Crippen LogP contribution in [0.1, 0.15) is 35.3 Å². The number of fused-ring (bicyclic) bond motifs is 1. The Labute approximate surface area is 164 Å². The standard InChI is InChI=1S/C19H26BNO7/c1-11(2)17(19(23)28-14-9-25-6-7-26-10-14)21-18(22)15-5-4-13-8-27-20(24)16(13)12(15)3/h4-5,11,14,17,24H,6-10H2,1-3H3,(H,21,22)/t17-/m0/s1. The van der Waals surface area contributed by atoms with Crippen molar-refractivity contribution in [2.24, 2.45) is 5.92 Å². The van der Waals surface area contributed by atoms with E-state index in [2.05, 4.69) is 5.32 Å². The summed E-state index contributed by atoms with van der Waals surface area (Å²) in [7, 11) is -1.04. The summed E-state index contributed by atoms with van der Waals surface area (Å²) in [6.07, 6.45) is -0.498. The van der Waals surface area contributed by atoms with Gasteiger partial charge >= 0.3 is 13.1 Å². The Hall–Kier alpha value is -1.94. The molecule has 0 aliphatic carbocycles. The highest BCUT2D eigenvalue weighted by Crippen LogP contribution is 2.17. The first kappa shape index (κ1) is 20.8. The third-order valence-corrected chi connectivity index (χ3v) is 4.96. The quantitative estimate of drug-likeness (QED) is 0.535. The lowest BCUT2D eigenvalue weighted by atomic mass is 9.75. The van der Waals surface area contributed by atoms with Gasteiger partial charge in [0, 0.05) is 5.56 Å². The number of ether oxygens (including phenoxy) is 3. The van der Waals surface area contributed by atoms with Crippen LogP contribution in [-0.4, -0.2) is 62.6 Å². The van der Waals surface area contributed by atoms with Crippen molar-refractivity contribution in [3.05, 3.63) is 28.8 Å². The van der Waals surface area contributed by atoms with Gasteiger partial charge in [0.25, 0.3) is 5.91 Å². The van der Waals surface area contributed by atoms with Gasteiger partial charge in [0.1, 0.15) is 12.1 Å². The Kier molecular flexibility index (Phi) is 6.71. The maximum absolute atomic E-state index is 12.8. The summed E-state index contributed by atoms with van der Waals surface area (Å²) in [6.45, 7) is 7.20. The highest BCUT2D eigenvalue weighted by atomic mass is 16.6. The third kappa shape index (κ3) is 4.55. The second-order valence-electron chi connectivity index (χ2n) is 7.38. The Balaban J connectivity index is 1.71. The lowest BCUT2D eigenvalue weighted by molar-refractivity contribution is -0.156. The second kappa shape index (κ2) is 9.04. The van der Waals surface area contributed by atoms with Crippen molar-refractivity contribution in [2.45, 2.75) is 39.5 Å². The minimum atomic E-state index is -1.04. The van der Waals surface area contributed by atoms with Crippen molar-refractivity contribution < 1.29 is 33.5 Å². The first-order valence-electron chi connectivity index (χ1n) is 9.47. The van der Waals surface area contributed by atoms with Gasteiger partial charge in [-0.2, -0.15) is 0 Å². The number of carbonyl (C=O) groups is 2. The molecule has 0 unspecified atom stereocenters. The minimum absolute atomic E-state index is 0.173. The molecule has 28 heavy (non-hydrogen) atoms. The highest BCUT2D eigenvalue weighted by Gasteiger charge is 2.33. The van der Waals surface area contributed by atoms with E-state index < -0.39 is 31.1 Å². The fourth-order valence-corrected chi connectivity index (χ4v) is 3.37. The second-order valence-corrected chi connectivity index (χ2v) is 7.38. The number of hydrogen-bond acceptors (Lipinski definition) is 7. The molecule has 3 rings (SSSR count). The van der Waals surface area contributed by atoms with Gasteiger partial charge in [-0.3, -0.25) is 4.79 Å². The monoisotopic (exact) mass is 391 g/mol. The topological polar surface area (TPSA) is 103 Å². The molecule has 0 aromatic heterocycles. The Bertz CT molecular complexity index is 731. The van der Waals surface area contributed by atoms with E-state index in [-0.39, 0.29) is 19.1 Å². The summed E-state index contributed by atoms with van der Waals surface area (Å²) in [6, 6.07) is 2.63. The van der Waals surface area contributed by atoms with Crippen molar-refractivity contribution >= 4 is 24.5 Å². The van der Waals surface area contributed by atoms with Crippen LogP contribution in [0.5, 0.6) is 0 Å². The first-order valence-corrected chi connectivity index (χ1v) is 9.47. The summed E-state index contributed by atoms with van der Waals surface area (Å²) >= 11 is 0. The van der Waals surface area contributed by atoms with Crippen LogP contribution in [0.15, 0.2) is 12.1 Å². The van der Waals surface area contributed by atoms with E-state index >= 15 is 0 Å². The van der Waals surface area contributed by atoms with Gasteiger partial charge < -0.3 is 29.2 Å². The summed E-state index contributed by atoms with van der Waals surface area (Å²) in [5, 5.41) is 12.7. The number of amides is 1. The Morgan fingerprint density at radius 1 is 1.25 bits per heavy atom. The number of carbonyl (C=O) groups excluding carboxylic acids is 2. The van der Waals surface area contributed by atoms with Crippen molar-refractivity contribution in [1.82, 2.24) is 5.32 Å². The van der Waals surface area contributed by atoms with Crippen LogP contribution in [0.2, 0.25) is 0 Å². The van der Waals surface area contributed by atoms with Crippen LogP contribution < -0.4 is 10.8 Å². The van der Waals surface area contributed by atoms with Crippen LogP contribution in [0.3, 0.4) is 0 Å². The summed E-state index contributed by atoms with van der Waals surface area (Å²) in [5.74, 6) is -1.10. The summed E-state index contributed by atoms with van der Waals surface area (Å²) < 4.78 is 21.4. The lowest BCUT2D eigenvalue weighted by Gasteiger charge is -2.24. The first-order chi connectivity index (χ1) is 13.4. The van der Waals surface area contributed by atoms with E-state index in [0.717, 1.165) is 5.56 Å². The minimum Gasteiger partial charge on any atom is -0.456 e. The van der Waals surface area contributed by atoms with Gasteiger partial charge in [-0.1, -0.05) is 19.9 Å². The molecular formula is C19H26BNO7. The van der Waals surface area contributed by atoms with E-state index in [1.165, 1.54) is 0 Å². The molecule has 152 valence electrons. The van der Waals surface area contributed by atoms with E-state index in [1.807, 2.05) is 13.8 Å². The number of esters is 1. The van der Waals surface area contributed by atoms with Gasteiger partial charge in [-0.05, 0) is 35.5 Å². The lowest BCUT2D eigenvalue weighted by Crippen LogP contribution is -2.47. The van der Waals surface area contributed by atoms with Crippen molar-refractivity contribution in [1.29, 1.82) is 0 Å². The molecule has 1 atom stereocenters. The zero-order valence-electron chi connectivity index (χ0n) is 16.4. The molecule has 0 radical (unpaired) electrons. The molecule has 2 aliphatic heterocycles. The number of rotatable bonds is 5. The summed E-state index contributed by atoms with van der Waals surface area (Å²) in [4.78, 5) is 25.5. The molecule has 0 spiro atoms. The van der Waals surface area contributed by atoms with Gasteiger partial charge in [0.05, 0.1) is 33.0 Å². The number of benzene rings is 1. The smallest absolute Gasteiger partial charge is 0.456 e. The molecule has 1 aromatic carbocycles. The average Bonchev–Trinajstić information content (AvgIpc) is 2.86. The van der Waals surface area contributed by atoms with Crippen LogP contribution in [0.25, 0.3) is 0 Å². The Morgan fingerprint density at radius 3 is 2.57 bits per heavy atom. The molecule has 2 heterocycles. The molecular weight excluding hydrogens is 365 g/mol. The SMILES string of the molecule is Cc1c(C(=O)N[C@H](C(=O)OC2COCCOC2)C(C)C)ccc2c1B(O)OC2. The molecule has 1 saturated heterocycles. The normalized spacial score (nSPS) is 18.5. The Morgan fingerprint density at radius 2 is 1.93 bits per heavy atom. The van der Waals surface area contributed by atoms with Crippen LogP contribution >= 0.6 is 0 Å². The van der Waals surface area contributed by atoms with Crippen LogP contribution in [-0.2, 0) is 30.3 Å². The molecule has 1 fully saturated rings. The van der Waals surface area contributed by atoms with Gasteiger partial charge in [0.2, 0.25) is 0 Å². The third-order valence-electron chi connectivity index (χ3n) is 4.96. The molecule has 0 bridgehead atoms. The zero-order chi connectivity index (χ0) is 20.3. The van der Waals surface area contributed by atoms with Crippen molar-refractivity contribution in [3.63, 3.8) is 0 Å². The zero-order valence-corrected chi connectivity index (χ0v) is 16.4. The van der Waals surface area contributed by atoms with E-state index in [4.69, 9.17) is 18.9 Å². The molecule has 1 amide bonds. The molecule has 2 N–H and O–H groups in total. The number of nitrogens with one attached hydrogen (secondary N) is 1. The maximum atomic E-state index is 12.8. The van der Waals surface area contributed by atoms with Gasteiger partial charge in [-0.15, -0.1) is 0 Å². The predicted molar refractivity (Wildman–Crippen MR) is 101 cm³/mol. The molecule has 1 aromatic rings. The molecule has 8 nitrogen and oxygen atoms in total. The van der Waals surface area contributed by atoms with Crippen LogP contribution in [0.4, 0.5) is 0 Å². The molecule has 0 saturated carbocycles. The molecule has 2 aliphatic rings. The fourth-order valence-electron chi connectivity index (χ4n) is 3.37. The maximum Gasteiger partial charge on any atom is 0.492 e. The molecule has 9 heteroatoms. The van der Waals surface area contributed by atoms with Crippen molar-refractivity contribution in [3.8, 4) is 0 Å².